The number of hydrogen-bond acceptors (Lipinski definition) is 5. The van der Waals surface area contributed by atoms with Gasteiger partial charge in [-0.2, -0.15) is 0 Å². The molecule has 0 saturated carbocycles. The molecule has 2 amide bonds. The number of rotatable bonds is 3. The second-order valence-electron chi connectivity index (χ2n) is 4.37. The summed E-state index contributed by atoms with van der Waals surface area (Å²) in [5.74, 6) is -0.334. The number of likely N-dealkylation sites (tertiary alicyclic amines) is 1. The van der Waals surface area contributed by atoms with Gasteiger partial charge >= 0.3 is 12.0 Å². The van der Waals surface area contributed by atoms with E-state index in [1.807, 2.05) is 0 Å². The number of aromatic nitrogens is 1. The number of esters is 1. The highest BCUT2D eigenvalue weighted by atomic mass is 32.1. The standard InChI is InChI=1S/C12H17N3O3S/c1-18-10(16)7-9-8-19-11(13-9)14-12(17)15-5-3-2-4-6-15/h8H,2-7H2,1H3,(H,13,14,17). The van der Waals surface area contributed by atoms with Crippen molar-refractivity contribution >= 4 is 28.5 Å². The summed E-state index contributed by atoms with van der Waals surface area (Å²) in [4.78, 5) is 29.0. The number of amides is 2. The van der Waals surface area contributed by atoms with Gasteiger partial charge in [0.05, 0.1) is 19.2 Å². The first-order valence-electron chi connectivity index (χ1n) is 6.26. The van der Waals surface area contributed by atoms with E-state index in [1.54, 1.807) is 10.3 Å². The van der Waals surface area contributed by atoms with E-state index >= 15 is 0 Å². The summed E-state index contributed by atoms with van der Waals surface area (Å²) in [6.45, 7) is 1.60. The summed E-state index contributed by atoms with van der Waals surface area (Å²) in [7, 11) is 1.34. The maximum atomic E-state index is 11.9. The van der Waals surface area contributed by atoms with Gasteiger partial charge in [-0.1, -0.05) is 0 Å². The smallest absolute Gasteiger partial charge is 0.323 e. The molecule has 0 unspecified atom stereocenters. The maximum Gasteiger partial charge on any atom is 0.323 e. The first kappa shape index (κ1) is 13.8. The molecule has 0 bridgehead atoms. The van der Waals surface area contributed by atoms with Crippen molar-refractivity contribution in [3.63, 3.8) is 0 Å². The molecule has 0 spiro atoms. The van der Waals surface area contributed by atoms with Crippen LogP contribution in [0.1, 0.15) is 25.0 Å². The zero-order chi connectivity index (χ0) is 13.7. The summed E-state index contributed by atoms with van der Waals surface area (Å²) in [6.07, 6.45) is 3.43. The summed E-state index contributed by atoms with van der Waals surface area (Å²) in [6, 6.07) is -0.112. The van der Waals surface area contributed by atoms with E-state index in [0.717, 1.165) is 25.9 Å². The minimum atomic E-state index is -0.334. The van der Waals surface area contributed by atoms with Gasteiger partial charge in [0.25, 0.3) is 0 Å². The maximum absolute atomic E-state index is 11.9. The fourth-order valence-electron chi connectivity index (χ4n) is 1.93. The molecule has 2 heterocycles. The van der Waals surface area contributed by atoms with Crippen LogP contribution in [0.2, 0.25) is 0 Å². The molecule has 1 aliphatic heterocycles. The van der Waals surface area contributed by atoms with Gasteiger partial charge in [-0.15, -0.1) is 11.3 Å². The van der Waals surface area contributed by atoms with E-state index in [2.05, 4.69) is 15.0 Å². The van der Waals surface area contributed by atoms with E-state index in [0.29, 0.717) is 10.8 Å². The van der Waals surface area contributed by atoms with Crippen LogP contribution in [0.25, 0.3) is 0 Å². The highest BCUT2D eigenvalue weighted by molar-refractivity contribution is 7.13. The average Bonchev–Trinajstić information content (AvgIpc) is 2.86. The SMILES string of the molecule is COC(=O)Cc1csc(NC(=O)N2CCCCC2)n1. The summed E-state index contributed by atoms with van der Waals surface area (Å²) >= 11 is 1.32. The van der Waals surface area contributed by atoms with Crippen LogP contribution in [0.3, 0.4) is 0 Å². The number of ether oxygens (including phenoxy) is 1. The molecule has 1 aliphatic rings. The Labute approximate surface area is 115 Å². The Bertz CT molecular complexity index is 455. The van der Waals surface area contributed by atoms with Gasteiger partial charge in [-0.05, 0) is 19.3 Å². The highest BCUT2D eigenvalue weighted by Gasteiger charge is 2.17. The fourth-order valence-corrected chi connectivity index (χ4v) is 2.63. The second-order valence-corrected chi connectivity index (χ2v) is 5.23. The Kier molecular flexibility index (Phi) is 4.73. The Balaban J connectivity index is 1.88. The van der Waals surface area contributed by atoms with E-state index in [9.17, 15) is 9.59 Å². The Hall–Kier alpha value is -1.63. The number of urea groups is 1. The van der Waals surface area contributed by atoms with E-state index < -0.39 is 0 Å². The van der Waals surface area contributed by atoms with Crippen LogP contribution in [0.5, 0.6) is 0 Å². The Morgan fingerprint density at radius 3 is 2.84 bits per heavy atom. The van der Waals surface area contributed by atoms with Crippen molar-refractivity contribution in [2.75, 3.05) is 25.5 Å². The minimum Gasteiger partial charge on any atom is -0.469 e. The van der Waals surface area contributed by atoms with Gasteiger partial charge in [0.2, 0.25) is 0 Å². The molecule has 0 aliphatic carbocycles. The zero-order valence-electron chi connectivity index (χ0n) is 10.8. The number of hydrogen-bond donors (Lipinski definition) is 1. The Morgan fingerprint density at radius 2 is 2.16 bits per heavy atom. The van der Waals surface area contributed by atoms with Gasteiger partial charge < -0.3 is 9.64 Å². The van der Waals surface area contributed by atoms with Gasteiger partial charge in [0.15, 0.2) is 5.13 Å². The minimum absolute atomic E-state index is 0.112. The van der Waals surface area contributed by atoms with Crippen molar-refractivity contribution in [1.29, 1.82) is 0 Å². The number of carbonyl (C=O) groups is 2. The summed E-state index contributed by atoms with van der Waals surface area (Å²) < 4.78 is 4.57. The molecular weight excluding hydrogens is 266 g/mol. The average molecular weight is 283 g/mol. The third-order valence-electron chi connectivity index (χ3n) is 2.96. The lowest BCUT2D eigenvalue weighted by molar-refractivity contribution is -0.139. The van der Waals surface area contributed by atoms with Crippen LogP contribution in [-0.2, 0) is 16.0 Å². The third-order valence-corrected chi connectivity index (χ3v) is 3.77. The normalized spacial score (nSPS) is 15.1. The molecule has 1 aromatic rings. The molecule has 2 rings (SSSR count). The lowest BCUT2D eigenvalue weighted by Crippen LogP contribution is -2.38. The number of thiazole rings is 1. The lowest BCUT2D eigenvalue weighted by atomic mass is 10.1. The molecule has 0 radical (unpaired) electrons. The van der Waals surface area contributed by atoms with Gasteiger partial charge in [0, 0.05) is 18.5 Å². The lowest BCUT2D eigenvalue weighted by Gasteiger charge is -2.26. The monoisotopic (exact) mass is 283 g/mol. The number of carbonyl (C=O) groups excluding carboxylic acids is 2. The van der Waals surface area contributed by atoms with Crippen molar-refractivity contribution in [1.82, 2.24) is 9.88 Å². The number of nitrogens with zero attached hydrogens (tertiary/aromatic N) is 2. The third kappa shape index (κ3) is 3.92. The first-order valence-corrected chi connectivity index (χ1v) is 7.14. The predicted octanol–water partition coefficient (Wildman–Crippen LogP) is 1.88. The van der Waals surface area contributed by atoms with E-state index in [-0.39, 0.29) is 18.4 Å². The summed E-state index contributed by atoms with van der Waals surface area (Å²) in [5.41, 5.74) is 0.616. The first-order chi connectivity index (χ1) is 9.19. The second kappa shape index (κ2) is 6.51. The van der Waals surface area contributed by atoms with Crippen LogP contribution in [0.4, 0.5) is 9.93 Å². The predicted molar refractivity (Wildman–Crippen MR) is 72.3 cm³/mol. The summed E-state index contributed by atoms with van der Waals surface area (Å²) in [5, 5.41) is 5.04. The van der Waals surface area contributed by atoms with Crippen molar-refractivity contribution in [2.24, 2.45) is 0 Å². The fraction of sp³-hybridized carbons (Fsp3) is 0.583. The highest BCUT2D eigenvalue weighted by Crippen LogP contribution is 2.17. The van der Waals surface area contributed by atoms with Crippen molar-refractivity contribution in [3.8, 4) is 0 Å². The largest absolute Gasteiger partial charge is 0.469 e. The van der Waals surface area contributed by atoms with Crippen molar-refractivity contribution in [2.45, 2.75) is 25.7 Å². The molecule has 1 fully saturated rings. The van der Waals surface area contributed by atoms with Gasteiger partial charge in [0.1, 0.15) is 0 Å². The Morgan fingerprint density at radius 1 is 1.42 bits per heavy atom. The topological polar surface area (TPSA) is 71.5 Å². The van der Waals surface area contributed by atoms with Crippen molar-refractivity contribution < 1.29 is 14.3 Å². The molecule has 1 N–H and O–H groups in total. The number of nitrogens with one attached hydrogen (secondary N) is 1. The molecule has 0 aromatic carbocycles. The van der Waals surface area contributed by atoms with E-state index in [1.165, 1.54) is 24.9 Å². The number of methoxy groups -OCH3 is 1. The van der Waals surface area contributed by atoms with Crippen LogP contribution < -0.4 is 5.32 Å². The molecule has 0 atom stereocenters. The van der Waals surface area contributed by atoms with Crippen LogP contribution in [-0.4, -0.2) is 42.1 Å². The molecule has 19 heavy (non-hydrogen) atoms. The number of piperidine rings is 1. The molecule has 1 saturated heterocycles. The van der Waals surface area contributed by atoms with Gasteiger partial charge in [-0.25, -0.2) is 9.78 Å². The van der Waals surface area contributed by atoms with Gasteiger partial charge in [-0.3, -0.25) is 10.1 Å². The van der Waals surface area contributed by atoms with Crippen LogP contribution >= 0.6 is 11.3 Å². The van der Waals surface area contributed by atoms with E-state index in [4.69, 9.17) is 0 Å². The van der Waals surface area contributed by atoms with Crippen LogP contribution in [0.15, 0.2) is 5.38 Å². The molecule has 7 heteroatoms. The molecule has 6 nitrogen and oxygen atoms in total. The molecule has 104 valence electrons. The molecule has 1 aromatic heterocycles. The van der Waals surface area contributed by atoms with Crippen molar-refractivity contribution in [3.05, 3.63) is 11.1 Å². The quantitative estimate of drug-likeness (QED) is 0.860. The number of anilines is 1. The zero-order valence-corrected chi connectivity index (χ0v) is 11.7. The van der Waals surface area contributed by atoms with Crippen LogP contribution in [0, 0.1) is 0 Å². The molecular formula is C12H17N3O3S.